The first kappa shape index (κ1) is 18.3. The zero-order valence-electron chi connectivity index (χ0n) is 14.9. The van der Waals surface area contributed by atoms with Gasteiger partial charge in [-0.2, -0.15) is 5.26 Å². The maximum absolute atomic E-state index is 12.8. The molecule has 0 saturated carbocycles. The first-order valence-corrected chi connectivity index (χ1v) is 9.29. The smallest absolute Gasteiger partial charge is 0.242 e. The van der Waals surface area contributed by atoms with E-state index in [1.807, 2.05) is 29.2 Å². The zero-order valence-corrected chi connectivity index (χ0v) is 15.7. The molecule has 1 aliphatic rings. The summed E-state index contributed by atoms with van der Waals surface area (Å²) in [4.78, 5) is 14.8. The molecule has 136 valence electrons. The van der Waals surface area contributed by atoms with Crippen molar-refractivity contribution in [1.82, 2.24) is 9.47 Å². The second kappa shape index (κ2) is 7.84. The van der Waals surface area contributed by atoms with Gasteiger partial charge in [0.05, 0.1) is 5.69 Å². The van der Waals surface area contributed by atoms with Gasteiger partial charge in [0, 0.05) is 29.7 Å². The monoisotopic (exact) mass is 370 g/mol. The Morgan fingerprint density at radius 3 is 2.88 bits per heavy atom. The minimum Gasteiger partial charge on any atom is -0.397 e. The number of carbonyl (C=O) groups is 1. The summed E-state index contributed by atoms with van der Waals surface area (Å²) in [6.45, 7) is 3.00. The van der Waals surface area contributed by atoms with Gasteiger partial charge in [-0.05, 0) is 49.9 Å². The van der Waals surface area contributed by atoms with E-state index in [2.05, 4.69) is 13.0 Å². The van der Waals surface area contributed by atoms with E-state index in [0.29, 0.717) is 22.8 Å². The van der Waals surface area contributed by atoms with E-state index in [0.717, 1.165) is 37.1 Å². The largest absolute Gasteiger partial charge is 0.397 e. The third-order valence-corrected chi connectivity index (χ3v) is 5.27. The molecule has 2 aromatic rings. The van der Waals surface area contributed by atoms with Crippen LogP contribution in [0.3, 0.4) is 0 Å². The van der Waals surface area contributed by atoms with Gasteiger partial charge in [0.25, 0.3) is 0 Å². The van der Waals surface area contributed by atoms with Gasteiger partial charge < -0.3 is 15.2 Å². The Balaban J connectivity index is 1.88. The number of nitrogen functional groups attached to an aromatic ring is 1. The van der Waals surface area contributed by atoms with Gasteiger partial charge in [0.2, 0.25) is 5.91 Å². The van der Waals surface area contributed by atoms with Gasteiger partial charge in [-0.1, -0.05) is 23.7 Å². The van der Waals surface area contributed by atoms with Crippen LogP contribution in [0.1, 0.15) is 43.1 Å². The number of anilines is 1. The number of amides is 1. The fourth-order valence-electron chi connectivity index (χ4n) is 3.62. The molecule has 0 aliphatic carbocycles. The topological polar surface area (TPSA) is 75.0 Å². The molecule has 2 heterocycles. The van der Waals surface area contributed by atoms with Crippen molar-refractivity contribution in [2.45, 2.75) is 45.2 Å². The molecule has 3 rings (SSSR count). The van der Waals surface area contributed by atoms with Crippen LogP contribution in [0.25, 0.3) is 0 Å². The third kappa shape index (κ3) is 3.86. The molecule has 1 amide bonds. The number of nitrogens with two attached hydrogens (primary N) is 1. The predicted molar refractivity (Wildman–Crippen MR) is 103 cm³/mol. The lowest BCUT2D eigenvalue weighted by molar-refractivity contribution is -0.135. The second-order valence-electron chi connectivity index (χ2n) is 6.87. The molecule has 1 aliphatic heterocycles. The number of hydrogen-bond donors (Lipinski definition) is 1. The summed E-state index contributed by atoms with van der Waals surface area (Å²) >= 11 is 6.07. The van der Waals surface area contributed by atoms with Gasteiger partial charge >= 0.3 is 0 Å². The number of nitriles is 1. The predicted octanol–water partition coefficient (Wildman–Crippen LogP) is 3.59. The molecule has 1 unspecified atom stereocenters. The number of hydrogen-bond acceptors (Lipinski definition) is 3. The summed E-state index contributed by atoms with van der Waals surface area (Å²) in [7, 11) is 0. The standard InChI is InChI=1S/C20H23ClN4O/c1-14-5-2-3-8-24(14)20(26)13-25-17(12-22)11-18(23)19(25)10-15-6-4-7-16(21)9-15/h4,6-7,9,11,14H,2-3,5,8,10,13,23H2,1H3. The maximum Gasteiger partial charge on any atom is 0.242 e. The van der Waals surface area contributed by atoms with Crippen molar-refractivity contribution in [1.29, 1.82) is 5.26 Å². The Kier molecular flexibility index (Phi) is 5.53. The lowest BCUT2D eigenvalue weighted by atomic mass is 10.0. The van der Waals surface area contributed by atoms with E-state index in [4.69, 9.17) is 17.3 Å². The molecule has 2 N–H and O–H groups in total. The van der Waals surface area contributed by atoms with E-state index >= 15 is 0 Å². The van der Waals surface area contributed by atoms with Gasteiger partial charge in [0.1, 0.15) is 18.3 Å². The number of aromatic nitrogens is 1. The van der Waals surface area contributed by atoms with Crippen molar-refractivity contribution >= 4 is 23.2 Å². The Bertz CT molecular complexity index is 852. The van der Waals surface area contributed by atoms with Crippen LogP contribution in [-0.2, 0) is 17.8 Å². The number of rotatable bonds is 4. The molecular formula is C20H23ClN4O. The quantitative estimate of drug-likeness (QED) is 0.893. The minimum atomic E-state index is 0.0386. The van der Waals surface area contributed by atoms with Crippen molar-refractivity contribution in [3.05, 3.63) is 52.3 Å². The van der Waals surface area contributed by atoms with Crippen LogP contribution in [0.15, 0.2) is 30.3 Å². The zero-order chi connectivity index (χ0) is 18.7. The molecule has 1 aromatic heterocycles. The van der Waals surface area contributed by atoms with E-state index in [-0.39, 0.29) is 18.5 Å². The Morgan fingerprint density at radius 2 is 2.19 bits per heavy atom. The summed E-state index contributed by atoms with van der Waals surface area (Å²) < 4.78 is 1.75. The first-order valence-electron chi connectivity index (χ1n) is 8.91. The molecular weight excluding hydrogens is 348 g/mol. The number of benzene rings is 1. The molecule has 0 bridgehead atoms. The fourth-order valence-corrected chi connectivity index (χ4v) is 3.83. The van der Waals surface area contributed by atoms with Crippen LogP contribution in [0, 0.1) is 11.3 Å². The third-order valence-electron chi connectivity index (χ3n) is 5.03. The molecule has 0 spiro atoms. The van der Waals surface area contributed by atoms with Crippen LogP contribution >= 0.6 is 11.6 Å². The van der Waals surface area contributed by atoms with Crippen LogP contribution in [0.4, 0.5) is 5.69 Å². The minimum absolute atomic E-state index is 0.0386. The number of halogens is 1. The Morgan fingerprint density at radius 1 is 1.38 bits per heavy atom. The van der Waals surface area contributed by atoms with Gasteiger partial charge in [-0.15, -0.1) is 0 Å². The van der Waals surface area contributed by atoms with Crippen molar-refractivity contribution in [3.63, 3.8) is 0 Å². The molecule has 1 saturated heterocycles. The number of nitrogens with zero attached hydrogens (tertiary/aromatic N) is 3. The van der Waals surface area contributed by atoms with Crippen LogP contribution in [0.2, 0.25) is 5.02 Å². The van der Waals surface area contributed by atoms with Crippen LogP contribution in [0.5, 0.6) is 0 Å². The highest BCUT2D eigenvalue weighted by atomic mass is 35.5. The van der Waals surface area contributed by atoms with E-state index < -0.39 is 0 Å². The maximum atomic E-state index is 12.8. The van der Waals surface area contributed by atoms with Crippen molar-refractivity contribution in [2.24, 2.45) is 0 Å². The Hall–Kier alpha value is -2.45. The van der Waals surface area contributed by atoms with E-state index in [1.54, 1.807) is 10.6 Å². The molecule has 6 heteroatoms. The van der Waals surface area contributed by atoms with Crippen molar-refractivity contribution < 1.29 is 4.79 Å². The summed E-state index contributed by atoms with van der Waals surface area (Å²) in [6, 6.07) is 11.6. The summed E-state index contributed by atoms with van der Waals surface area (Å²) in [6.07, 6.45) is 3.74. The highest BCUT2D eigenvalue weighted by Crippen LogP contribution is 2.24. The van der Waals surface area contributed by atoms with Gasteiger partial charge in [-0.3, -0.25) is 4.79 Å². The number of piperidine rings is 1. The lowest BCUT2D eigenvalue weighted by Crippen LogP contribution is -2.43. The van der Waals surface area contributed by atoms with Gasteiger partial charge in [-0.25, -0.2) is 0 Å². The highest BCUT2D eigenvalue weighted by molar-refractivity contribution is 6.30. The first-order chi connectivity index (χ1) is 12.5. The molecule has 1 atom stereocenters. The average Bonchev–Trinajstić information content (AvgIpc) is 2.91. The molecule has 5 nitrogen and oxygen atoms in total. The molecule has 1 fully saturated rings. The average molecular weight is 371 g/mol. The van der Waals surface area contributed by atoms with Crippen LogP contribution < -0.4 is 5.73 Å². The van der Waals surface area contributed by atoms with Gasteiger partial charge in [0.15, 0.2) is 0 Å². The summed E-state index contributed by atoms with van der Waals surface area (Å²) in [5.74, 6) is 0.0386. The normalized spacial score (nSPS) is 17.1. The molecule has 26 heavy (non-hydrogen) atoms. The van der Waals surface area contributed by atoms with Crippen molar-refractivity contribution in [2.75, 3.05) is 12.3 Å². The second-order valence-corrected chi connectivity index (χ2v) is 7.30. The SMILES string of the molecule is CC1CCCCN1C(=O)Cn1c(C#N)cc(N)c1Cc1cccc(Cl)c1. The number of carbonyl (C=O) groups excluding carboxylic acids is 1. The van der Waals surface area contributed by atoms with Crippen molar-refractivity contribution in [3.8, 4) is 6.07 Å². The van der Waals surface area contributed by atoms with E-state index in [9.17, 15) is 10.1 Å². The Labute approximate surface area is 159 Å². The summed E-state index contributed by atoms with van der Waals surface area (Å²) in [5.41, 5.74) is 8.87. The molecule has 0 radical (unpaired) electrons. The molecule has 1 aromatic carbocycles. The van der Waals surface area contributed by atoms with E-state index in [1.165, 1.54) is 0 Å². The summed E-state index contributed by atoms with van der Waals surface area (Å²) in [5, 5.41) is 10.1. The number of likely N-dealkylation sites (tertiary alicyclic amines) is 1. The fraction of sp³-hybridized carbons (Fsp3) is 0.400. The highest BCUT2D eigenvalue weighted by Gasteiger charge is 2.25. The lowest BCUT2D eigenvalue weighted by Gasteiger charge is -2.33. The van der Waals surface area contributed by atoms with Crippen LogP contribution in [-0.4, -0.2) is 28.0 Å².